The van der Waals surface area contributed by atoms with E-state index in [0.29, 0.717) is 0 Å². The van der Waals surface area contributed by atoms with Crippen LogP contribution in [0.15, 0.2) is 24.3 Å². The van der Waals surface area contributed by atoms with E-state index in [1.807, 2.05) is 7.05 Å². The van der Waals surface area contributed by atoms with Crippen LogP contribution < -0.4 is 5.32 Å². The van der Waals surface area contributed by atoms with E-state index < -0.39 is 0 Å². The predicted molar refractivity (Wildman–Crippen MR) is 73.5 cm³/mol. The molecule has 0 saturated heterocycles. The summed E-state index contributed by atoms with van der Waals surface area (Å²) < 4.78 is 0. The molecule has 0 spiro atoms. The lowest BCUT2D eigenvalue weighted by Gasteiger charge is -2.28. The van der Waals surface area contributed by atoms with Crippen LogP contribution in [0.2, 0.25) is 0 Å². The summed E-state index contributed by atoms with van der Waals surface area (Å²) in [5, 5.41) is 12.7. The zero-order chi connectivity index (χ0) is 13.1. The number of hydrogen-bond donors (Lipinski definition) is 2. The van der Waals surface area contributed by atoms with Gasteiger partial charge in [0.2, 0.25) is 0 Å². The van der Waals surface area contributed by atoms with Gasteiger partial charge < -0.3 is 10.4 Å². The molecule has 0 saturated carbocycles. The molecule has 2 nitrogen and oxygen atoms in total. The number of rotatable bonds is 4. The minimum atomic E-state index is -0.203. The Hall–Kier alpha value is -0.860. The van der Waals surface area contributed by atoms with E-state index in [1.165, 1.54) is 11.1 Å². The molecular weight excluding hydrogens is 210 g/mol. The van der Waals surface area contributed by atoms with Gasteiger partial charge >= 0.3 is 0 Å². The van der Waals surface area contributed by atoms with Gasteiger partial charge in [0.15, 0.2) is 0 Å². The fourth-order valence-electron chi connectivity index (χ4n) is 2.01. The molecule has 1 unspecified atom stereocenters. The largest absolute Gasteiger partial charge is 0.395 e. The highest BCUT2D eigenvalue weighted by Crippen LogP contribution is 2.27. The summed E-state index contributed by atoms with van der Waals surface area (Å²) in [5.74, 6) is 0. The number of aliphatic hydroxyl groups excluding tert-OH is 1. The first-order valence-electron chi connectivity index (χ1n) is 6.20. The summed E-state index contributed by atoms with van der Waals surface area (Å²) in [5.41, 5.74) is 2.48. The highest BCUT2D eigenvalue weighted by atomic mass is 16.3. The van der Waals surface area contributed by atoms with Gasteiger partial charge in [0.05, 0.1) is 6.61 Å². The molecule has 1 rings (SSSR count). The first-order valence-corrected chi connectivity index (χ1v) is 6.20. The van der Waals surface area contributed by atoms with E-state index in [1.54, 1.807) is 0 Å². The third-order valence-electron chi connectivity index (χ3n) is 3.36. The molecule has 0 bridgehead atoms. The lowest BCUT2D eigenvalue weighted by atomic mass is 9.80. The second kappa shape index (κ2) is 5.19. The Balaban J connectivity index is 3.01. The van der Waals surface area contributed by atoms with Crippen LogP contribution in [-0.4, -0.2) is 25.3 Å². The summed E-state index contributed by atoms with van der Waals surface area (Å²) in [7, 11) is 1.91. The molecule has 17 heavy (non-hydrogen) atoms. The van der Waals surface area contributed by atoms with Crippen molar-refractivity contribution in [1.29, 1.82) is 0 Å². The van der Waals surface area contributed by atoms with E-state index in [0.717, 1.165) is 6.54 Å². The van der Waals surface area contributed by atoms with E-state index >= 15 is 0 Å². The van der Waals surface area contributed by atoms with Crippen LogP contribution in [0.4, 0.5) is 0 Å². The SMILES string of the molecule is CNCC(C)(CO)c1ccc(C(C)(C)C)cc1. The van der Waals surface area contributed by atoms with E-state index in [2.05, 4.69) is 57.3 Å². The molecule has 0 aliphatic heterocycles. The fourth-order valence-corrected chi connectivity index (χ4v) is 2.01. The monoisotopic (exact) mass is 235 g/mol. The Morgan fingerprint density at radius 3 is 1.82 bits per heavy atom. The van der Waals surface area contributed by atoms with Gasteiger partial charge in [-0.15, -0.1) is 0 Å². The Morgan fingerprint density at radius 2 is 1.47 bits per heavy atom. The zero-order valence-electron chi connectivity index (χ0n) is 11.7. The molecule has 0 heterocycles. The van der Waals surface area contributed by atoms with Gasteiger partial charge in [0, 0.05) is 12.0 Å². The second-order valence-electron chi connectivity index (χ2n) is 6.08. The average Bonchev–Trinajstić information content (AvgIpc) is 2.28. The summed E-state index contributed by atoms with van der Waals surface area (Å²) in [4.78, 5) is 0. The maximum Gasteiger partial charge on any atom is 0.0537 e. The summed E-state index contributed by atoms with van der Waals surface area (Å²) >= 11 is 0. The lowest BCUT2D eigenvalue weighted by molar-refractivity contribution is 0.204. The topological polar surface area (TPSA) is 32.3 Å². The molecule has 0 amide bonds. The minimum absolute atomic E-state index is 0.155. The van der Waals surface area contributed by atoms with Crippen molar-refractivity contribution in [2.75, 3.05) is 20.2 Å². The van der Waals surface area contributed by atoms with Crippen LogP contribution in [0.5, 0.6) is 0 Å². The van der Waals surface area contributed by atoms with Gasteiger partial charge in [0.1, 0.15) is 0 Å². The molecule has 0 radical (unpaired) electrons. The fraction of sp³-hybridized carbons (Fsp3) is 0.600. The summed E-state index contributed by atoms with van der Waals surface area (Å²) in [6, 6.07) is 8.60. The third-order valence-corrected chi connectivity index (χ3v) is 3.36. The van der Waals surface area contributed by atoms with Crippen molar-refractivity contribution >= 4 is 0 Å². The molecule has 2 heteroatoms. The van der Waals surface area contributed by atoms with Gasteiger partial charge in [-0.3, -0.25) is 0 Å². The van der Waals surface area contributed by atoms with Gasteiger partial charge in [-0.1, -0.05) is 52.0 Å². The molecule has 2 N–H and O–H groups in total. The molecule has 0 aromatic heterocycles. The van der Waals surface area contributed by atoms with Crippen LogP contribution in [-0.2, 0) is 10.8 Å². The van der Waals surface area contributed by atoms with Crippen molar-refractivity contribution in [1.82, 2.24) is 5.32 Å². The smallest absolute Gasteiger partial charge is 0.0537 e. The predicted octanol–water partition coefficient (Wildman–Crippen LogP) is 2.45. The first kappa shape index (κ1) is 14.2. The van der Waals surface area contributed by atoms with Crippen LogP contribution in [0.25, 0.3) is 0 Å². The normalized spacial score (nSPS) is 15.6. The number of hydrogen-bond acceptors (Lipinski definition) is 2. The molecule has 1 aromatic carbocycles. The Labute approximate surface area is 105 Å². The maximum atomic E-state index is 9.56. The van der Waals surface area contributed by atoms with Gasteiger partial charge in [-0.05, 0) is 23.6 Å². The third kappa shape index (κ3) is 3.30. The van der Waals surface area contributed by atoms with Crippen molar-refractivity contribution in [3.63, 3.8) is 0 Å². The standard InChI is InChI=1S/C15H25NO/c1-14(2,3)12-6-8-13(9-7-12)15(4,11-17)10-16-5/h6-9,16-17H,10-11H2,1-5H3. The lowest BCUT2D eigenvalue weighted by Crippen LogP contribution is -2.37. The van der Waals surface area contributed by atoms with Crippen molar-refractivity contribution in [2.45, 2.75) is 38.5 Å². The minimum Gasteiger partial charge on any atom is -0.395 e. The molecule has 0 aliphatic rings. The van der Waals surface area contributed by atoms with Gasteiger partial charge in [-0.25, -0.2) is 0 Å². The highest BCUT2D eigenvalue weighted by Gasteiger charge is 2.25. The second-order valence-corrected chi connectivity index (χ2v) is 6.08. The quantitative estimate of drug-likeness (QED) is 0.840. The molecule has 1 atom stereocenters. The van der Waals surface area contributed by atoms with Crippen LogP contribution in [0, 0.1) is 0 Å². The molecule has 0 fully saturated rings. The van der Waals surface area contributed by atoms with Crippen molar-refractivity contribution in [3.8, 4) is 0 Å². The van der Waals surface area contributed by atoms with Gasteiger partial charge in [0.25, 0.3) is 0 Å². The molecule has 0 aliphatic carbocycles. The average molecular weight is 235 g/mol. The number of nitrogens with one attached hydrogen (secondary N) is 1. The zero-order valence-corrected chi connectivity index (χ0v) is 11.7. The first-order chi connectivity index (χ1) is 7.83. The number of benzene rings is 1. The Bertz CT molecular complexity index is 350. The van der Waals surface area contributed by atoms with Crippen LogP contribution in [0.1, 0.15) is 38.8 Å². The van der Waals surface area contributed by atoms with Crippen molar-refractivity contribution in [2.24, 2.45) is 0 Å². The summed E-state index contributed by atoms with van der Waals surface area (Å²) in [6.45, 7) is 9.64. The Morgan fingerprint density at radius 1 is 1.00 bits per heavy atom. The van der Waals surface area contributed by atoms with E-state index in [-0.39, 0.29) is 17.4 Å². The van der Waals surface area contributed by atoms with Crippen LogP contribution in [0.3, 0.4) is 0 Å². The maximum absolute atomic E-state index is 9.56. The van der Waals surface area contributed by atoms with Crippen LogP contribution >= 0.6 is 0 Å². The summed E-state index contributed by atoms with van der Waals surface area (Å²) in [6.07, 6.45) is 0. The van der Waals surface area contributed by atoms with E-state index in [9.17, 15) is 5.11 Å². The number of aliphatic hydroxyl groups is 1. The number of likely N-dealkylation sites (N-methyl/N-ethyl adjacent to an activating group) is 1. The molecule has 1 aromatic rings. The Kier molecular flexibility index (Phi) is 4.34. The van der Waals surface area contributed by atoms with Gasteiger partial charge in [-0.2, -0.15) is 0 Å². The van der Waals surface area contributed by atoms with E-state index in [4.69, 9.17) is 0 Å². The molecule has 96 valence electrons. The molecular formula is C15H25NO. The van der Waals surface area contributed by atoms with Crippen molar-refractivity contribution < 1.29 is 5.11 Å². The highest BCUT2D eigenvalue weighted by molar-refractivity contribution is 5.32. The van der Waals surface area contributed by atoms with Crippen molar-refractivity contribution in [3.05, 3.63) is 35.4 Å².